The monoisotopic (exact) mass is 484 g/mol. The highest BCUT2D eigenvalue weighted by molar-refractivity contribution is 6.13. The van der Waals surface area contributed by atoms with E-state index in [0.29, 0.717) is 34.9 Å². The van der Waals surface area contributed by atoms with Gasteiger partial charge in [-0.25, -0.2) is 0 Å². The second-order valence-corrected chi connectivity index (χ2v) is 7.18. The zero-order valence-corrected chi connectivity index (χ0v) is 20.2. The molecule has 0 spiro atoms. The van der Waals surface area contributed by atoms with E-state index < -0.39 is 0 Å². The Morgan fingerprint density at radius 2 is 0.806 bits per heavy atom. The topological polar surface area (TPSA) is 113 Å². The van der Waals surface area contributed by atoms with E-state index in [4.69, 9.17) is 18.9 Å². The Labute approximate surface area is 208 Å². The molecule has 0 unspecified atom stereocenters. The van der Waals surface area contributed by atoms with E-state index in [0.717, 1.165) is 11.1 Å². The SMILES string of the molecule is COc1cc(OC)nc(/C(=N/N=C(\c2ccccc2)c2nc(OC)cc(OC)n2)c2ccccc2)n1. The summed E-state index contributed by atoms with van der Waals surface area (Å²) in [6.45, 7) is 0. The molecule has 0 aliphatic carbocycles. The van der Waals surface area contributed by atoms with Crippen LogP contribution in [0.2, 0.25) is 0 Å². The lowest BCUT2D eigenvalue weighted by molar-refractivity contribution is 0.370. The molecule has 0 amide bonds. The molecule has 0 N–H and O–H groups in total. The molecular weight excluding hydrogens is 460 g/mol. The molecule has 0 bridgehead atoms. The summed E-state index contributed by atoms with van der Waals surface area (Å²) in [5.74, 6) is 1.86. The van der Waals surface area contributed by atoms with E-state index in [1.165, 1.54) is 28.4 Å². The summed E-state index contributed by atoms with van der Waals surface area (Å²) in [7, 11) is 6.07. The fraction of sp³-hybridized carbons (Fsp3) is 0.154. The van der Waals surface area contributed by atoms with Crippen molar-refractivity contribution in [2.45, 2.75) is 0 Å². The minimum Gasteiger partial charge on any atom is -0.481 e. The van der Waals surface area contributed by atoms with E-state index in [2.05, 4.69) is 30.1 Å². The minimum atomic E-state index is 0.276. The number of ether oxygens (including phenoxy) is 4. The quantitative estimate of drug-likeness (QED) is 0.262. The minimum absolute atomic E-state index is 0.276. The first-order chi connectivity index (χ1) is 17.6. The van der Waals surface area contributed by atoms with E-state index in [-0.39, 0.29) is 11.6 Å². The Kier molecular flexibility index (Phi) is 7.76. The molecule has 2 aromatic carbocycles. The molecule has 0 saturated carbocycles. The van der Waals surface area contributed by atoms with Gasteiger partial charge in [0.2, 0.25) is 23.5 Å². The summed E-state index contributed by atoms with van der Waals surface area (Å²) < 4.78 is 21.3. The van der Waals surface area contributed by atoms with Crippen molar-refractivity contribution in [1.29, 1.82) is 0 Å². The van der Waals surface area contributed by atoms with Gasteiger partial charge in [-0.3, -0.25) is 0 Å². The number of rotatable bonds is 9. The maximum Gasteiger partial charge on any atom is 0.220 e. The second-order valence-electron chi connectivity index (χ2n) is 7.18. The Hall–Kier alpha value is -4.86. The van der Waals surface area contributed by atoms with Gasteiger partial charge in [0.05, 0.1) is 40.6 Å². The van der Waals surface area contributed by atoms with Crippen molar-refractivity contribution in [2.75, 3.05) is 28.4 Å². The third-order valence-corrected chi connectivity index (χ3v) is 4.96. The molecule has 0 atom stereocenters. The summed E-state index contributed by atoms with van der Waals surface area (Å²) >= 11 is 0. The maximum absolute atomic E-state index is 5.33. The van der Waals surface area contributed by atoms with Crippen LogP contribution in [0.4, 0.5) is 0 Å². The highest BCUT2D eigenvalue weighted by atomic mass is 16.5. The summed E-state index contributed by atoms with van der Waals surface area (Å²) in [6, 6.07) is 22.1. The molecular formula is C26H24N6O4. The molecule has 10 heteroatoms. The molecule has 182 valence electrons. The van der Waals surface area contributed by atoms with Crippen LogP contribution in [-0.4, -0.2) is 59.8 Å². The van der Waals surface area contributed by atoms with Crippen molar-refractivity contribution >= 4 is 11.4 Å². The molecule has 4 aromatic rings. The first-order valence-electron chi connectivity index (χ1n) is 10.9. The van der Waals surface area contributed by atoms with Crippen LogP contribution in [0.5, 0.6) is 23.5 Å². The van der Waals surface area contributed by atoms with Gasteiger partial charge < -0.3 is 18.9 Å². The molecule has 0 radical (unpaired) electrons. The van der Waals surface area contributed by atoms with E-state index in [9.17, 15) is 0 Å². The normalized spacial score (nSPS) is 11.7. The summed E-state index contributed by atoms with van der Waals surface area (Å²) in [5.41, 5.74) is 2.29. The molecule has 36 heavy (non-hydrogen) atoms. The van der Waals surface area contributed by atoms with Gasteiger partial charge in [-0.2, -0.15) is 19.9 Å². The molecule has 0 saturated heterocycles. The van der Waals surface area contributed by atoms with Crippen LogP contribution in [0, 0.1) is 0 Å². The summed E-state index contributed by atoms with van der Waals surface area (Å²) in [5, 5.41) is 9.17. The van der Waals surface area contributed by atoms with Crippen molar-refractivity contribution in [2.24, 2.45) is 10.2 Å². The third-order valence-electron chi connectivity index (χ3n) is 4.96. The highest BCUT2D eigenvalue weighted by Crippen LogP contribution is 2.20. The maximum atomic E-state index is 5.33. The van der Waals surface area contributed by atoms with Gasteiger partial charge in [-0.15, -0.1) is 10.2 Å². The van der Waals surface area contributed by atoms with Crippen molar-refractivity contribution in [3.63, 3.8) is 0 Å². The van der Waals surface area contributed by atoms with Gasteiger partial charge in [0.1, 0.15) is 11.4 Å². The average Bonchev–Trinajstić information content (AvgIpc) is 2.95. The predicted octanol–water partition coefficient (Wildman–Crippen LogP) is 3.59. The third kappa shape index (κ3) is 5.61. The number of hydrogen-bond acceptors (Lipinski definition) is 10. The number of methoxy groups -OCH3 is 4. The van der Waals surface area contributed by atoms with Gasteiger partial charge in [0, 0.05) is 11.1 Å². The predicted molar refractivity (Wildman–Crippen MR) is 134 cm³/mol. The summed E-state index contributed by atoms with van der Waals surface area (Å²) in [6.07, 6.45) is 0. The van der Waals surface area contributed by atoms with Crippen LogP contribution in [-0.2, 0) is 0 Å². The second kappa shape index (κ2) is 11.5. The number of aromatic nitrogens is 4. The smallest absolute Gasteiger partial charge is 0.220 e. The molecule has 10 nitrogen and oxygen atoms in total. The fourth-order valence-corrected chi connectivity index (χ4v) is 3.19. The number of nitrogens with zero attached hydrogens (tertiary/aromatic N) is 6. The van der Waals surface area contributed by atoms with Crippen LogP contribution < -0.4 is 18.9 Å². The van der Waals surface area contributed by atoms with Crippen molar-refractivity contribution in [1.82, 2.24) is 19.9 Å². The lowest BCUT2D eigenvalue weighted by Crippen LogP contribution is -2.13. The first kappa shape index (κ1) is 24.3. The lowest BCUT2D eigenvalue weighted by Gasteiger charge is -2.10. The van der Waals surface area contributed by atoms with E-state index in [1.54, 1.807) is 12.1 Å². The number of benzene rings is 2. The average molecular weight is 485 g/mol. The fourth-order valence-electron chi connectivity index (χ4n) is 3.19. The molecule has 0 aliphatic heterocycles. The molecule has 2 heterocycles. The van der Waals surface area contributed by atoms with Gasteiger partial charge in [0.25, 0.3) is 0 Å². The molecule has 0 aliphatic rings. The van der Waals surface area contributed by atoms with Crippen LogP contribution in [0.1, 0.15) is 22.8 Å². The molecule has 2 aromatic heterocycles. The van der Waals surface area contributed by atoms with Crippen molar-refractivity contribution in [3.8, 4) is 23.5 Å². The zero-order chi connectivity index (χ0) is 25.3. The van der Waals surface area contributed by atoms with Gasteiger partial charge >= 0.3 is 0 Å². The zero-order valence-electron chi connectivity index (χ0n) is 20.2. The van der Waals surface area contributed by atoms with Crippen molar-refractivity contribution in [3.05, 3.63) is 95.6 Å². The first-order valence-corrected chi connectivity index (χ1v) is 10.9. The van der Waals surface area contributed by atoms with Crippen LogP contribution >= 0.6 is 0 Å². The lowest BCUT2D eigenvalue weighted by atomic mass is 10.1. The van der Waals surface area contributed by atoms with Crippen LogP contribution in [0.3, 0.4) is 0 Å². The highest BCUT2D eigenvalue weighted by Gasteiger charge is 2.17. The Bertz CT molecular complexity index is 1230. The van der Waals surface area contributed by atoms with Gasteiger partial charge in [-0.1, -0.05) is 60.7 Å². The Morgan fingerprint density at radius 3 is 1.08 bits per heavy atom. The van der Waals surface area contributed by atoms with E-state index in [1.807, 2.05) is 60.7 Å². The van der Waals surface area contributed by atoms with Crippen LogP contribution in [0.25, 0.3) is 0 Å². The Balaban J connectivity index is 1.95. The van der Waals surface area contributed by atoms with Crippen molar-refractivity contribution < 1.29 is 18.9 Å². The molecule has 0 fully saturated rings. The Morgan fingerprint density at radius 1 is 0.500 bits per heavy atom. The van der Waals surface area contributed by atoms with Gasteiger partial charge in [-0.05, 0) is 0 Å². The van der Waals surface area contributed by atoms with E-state index >= 15 is 0 Å². The standard InChI is InChI=1S/C26H24N6O4/c1-33-19-15-20(34-2)28-25(27-19)23(17-11-7-5-8-12-17)31-32-24(18-13-9-6-10-14-18)26-29-21(35-3)16-22(30-26)36-4/h5-16H,1-4H3/b31-23+,32-24+. The number of hydrogen-bond donors (Lipinski definition) is 0. The molecule has 4 rings (SSSR count). The summed E-state index contributed by atoms with van der Waals surface area (Å²) in [4.78, 5) is 17.9. The largest absolute Gasteiger partial charge is 0.481 e. The van der Waals surface area contributed by atoms with Gasteiger partial charge in [0.15, 0.2) is 11.6 Å². The van der Waals surface area contributed by atoms with Crippen LogP contribution in [0.15, 0.2) is 83.0 Å².